The maximum atomic E-state index is 14.3. The van der Waals surface area contributed by atoms with Crippen LogP contribution in [0, 0.1) is 6.92 Å². The summed E-state index contributed by atoms with van der Waals surface area (Å²) in [7, 11) is 1.61. The van der Waals surface area contributed by atoms with Crippen LogP contribution in [-0.2, 0) is 21.6 Å². The van der Waals surface area contributed by atoms with Crippen molar-refractivity contribution in [1.82, 2.24) is 4.90 Å². The summed E-state index contributed by atoms with van der Waals surface area (Å²) in [6.45, 7) is 9.45. The van der Waals surface area contributed by atoms with Crippen LogP contribution in [0.1, 0.15) is 43.0 Å². The smallest absolute Gasteiger partial charge is 0.323 e. The van der Waals surface area contributed by atoms with Crippen molar-refractivity contribution >= 4 is 35.1 Å². The summed E-state index contributed by atoms with van der Waals surface area (Å²) >= 11 is 1.51. The number of methoxy groups -OCH3 is 1. The van der Waals surface area contributed by atoms with Crippen LogP contribution in [-0.4, -0.2) is 36.2 Å². The number of thioether (sulfide) groups is 1. The average Bonchev–Trinajstić information content (AvgIpc) is 3.41. The number of ether oxygens (including phenoxy) is 1. The first-order chi connectivity index (χ1) is 17.6. The van der Waals surface area contributed by atoms with Gasteiger partial charge in [-0.1, -0.05) is 57.2 Å². The first-order valence-electron chi connectivity index (χ1n) is 12.5. The fraction of sp³-hybridized carbons (Fsp3) is 0.333. The summed E-state index contributed by atoms with van der Waals surface area (Å²) in [5, 5.41) is 3.01. The molecule has 1 saturated heterocycles. The van der Waals surface area contributed by atoms with E-state index in [1.54, 1.807) is 12.0 Å². The molecule has 0 unspecified atom stereocenters. The zero-order valence-electron chi connectivity index (χ0n) is 22.0. The molecule has 0 saturated carbocycles. The summed E-state index contributed by atoms with van der Waals surface area (Å²) in [6.07, 6.45) is 0. The molecule has 3 amide bonds. The van der Waals surface area contributed by atoms with Gasteiger partial charge < -0.3 is 15.0 Å². The number of nitrogens with one attached hydrogen (secondary N) is 1. The maximum Gasteiger partial charge on any atom is 0.323 e. The molecule has 7 heteroatoms. The zero-order chi connectivity index (χ0) is 26.4. The monoisotopic (exact) mass is 515 g/mol. The van der Waals surface area contributed by atoms with Gasteiger partial charge in [-0.15, -0.1) is 11.8 Å². The Labute approximate surface area is 223 Å². The number of nitrogens with zero attached hydrogens (tertiary/aromatic N) is 2. The van der Waals surface area contributed by atoms with Gasteiger partial charge in [-0.25, -0.2) is 4.79 Å². The Morgan fingerprint density at radius 2 is 1.84 bits per heavy atom. The number of urea groups is 1. The number of carbonyl (C=O) groups excluding carboxylic acids is 2. The summed E-state index contributed by atoms with van der Waals surface area (Å²) in [4.78, 5) is 30.2. The van der Waals surface area contributed by atoms with Gasteiger partial charge in [-0.3, -0.25) is 9.69 Å². The van der Waals surface area contributed by atoms with Crippen molar-refractivity contribution in [2.24, 2.45) is 0 Å². The Kier molecular flexibility index (Phi) is 6.44. The summed E-state index contributed by atoms with van der Waals surface area (Å²) in [6, 6.07) is 21.5. The van der Waals surface area contributed by atoms with Crippen molar-refractivity contribution < 1.29 is 14.3 Å². The molecule has 1 spiro atoms. The highest BCUT2D eigenvalue weighted by Crippen LogP contribution is 2.55. The second kappa shape index (κ2) is 9.45. The molecule has 192 valence electrons. The van der Waals surface area contributed by atoms with E-state index < -0.39 is 4.87 Å². The first-order valence-corrected chi connectivity index (χ1v) is 13.5. The van der Waals surface area contributed by atoms with Gasteiger partial charge in [-0.2, -0.15) is 0 Å². The van der Waals surface area contributed by atoms with Crippen LogP contribution in [0.3, 0.4) is 0 Å². The number of anilines is 2. The summed E-state index contributed by atoms with van der Waals surface area (Å²) in [5.41, 5.74) is 5.72. The molecule has 0 aliphatic carbocycles. The van der Waals surface area contributed by atoms with Crippen molar-refractivity contribution in [1.29, 1.82) is 0 Å². The fourth-order valence-electron chi connectivity index (χ4n) is 5.08. The first kappa shape index (κ1) is 25.2. The van der Waals surface area contributed by atoms with Gasteiger partial charge >= 0.3 is 6.03 Å². The third-order valence-corrected chi connectivity index (χ3v) is 8.50. The molecule has 3 aromatic carbocycles. The number of fused-ring (bicyclic) bond motifs is 2. The van der Waals surface area contributed by atoms with E-state index in [0.717, 1.165) is 22.4 Å². The van der Waals surface area contributed by atoms with E-state index in [4.69, 9.17) is 4.74 Å². The van der Waals surface area contributed by atoms with Gasteiger partial charge in [0, 0.05) is 23.5 Å². The van der Waals surface area contributed by atoms with Crippen LogP contribution in [0.25, 0.3) is 0 Å². The van der Waals surface area contributed by atoms with E-state index in [0.29, 0.717) is 30.3 Å². The second-order valence-electron chi connectivity index (χ2n) is 10.7. The lowest BCUT2D eigenvalue weighted by atomic mass is 9.87. The molecule has 2 aliphatic heterocycles. The standard InChI is InChI=1S/C30H33N3O3S/c1-20-7-6-8-23(17-20)31-28(35)33-15-16-37-30(33)25-18-24(36-5)13-14-26(25)32(27(30)34)19-21-9-11-22(12-10-21)29(2,3)4/h6-14,17-18H,15-16,19H2,1-5H3,(H,31,35)/t30-/m0/s1. The van der Waals surface area contributed by atoms with E-state index in [1.807, 2.05) is 54.3 Å². The lowest BCUT2D eigenvalue weighted by Gasteiger charge is -2.33. The van der Waals surface area contributed by atoms with Crippen LogP contribution >= 0.6 is 11.8 Å². The normalized spacial score (nSPS) is 18.9. The summed E-state index contributed by atoms with van der Waals surface area (Å²) < 4.78 is 5.52. The van der Waals surface area contributed by atoms with Crippen LogP contribution < -0.4 is 15.0 Å². The highest BCUT2D eigenvalue weighted by molar-refractivity contribution is 8.01. The highest BCUT2D eigenvalue weighted by atomic mass is 32.2. The minimum Gasteiger partial charge on any atom is -0.497 e. The number of carbonyl (C=O) groups is 2. The third-order valence-electron chi connectivity index (χ3n) is 7.08. The quantitative estimate of drug-likeness (QED) is 0.444. The van der Waals surface area contributed by atoms with Gasteiger partial charge in [0.1, 0.15) is 5.75 Å². The van der Waals surface area contributed by atoms with Crippen LogP contribution in [0.2, 0.25) is 0 Å². The molecular weight excluding hydrogens is 482 g/mol. The number of rotatable bonds is 4. The molecule has 0 radical (unpaired) electrons. The predicted molar refractivity (Wildman–Crippen MR) is 150 cm³/mol. The van der Waals surface area contributed by atoms with Crippen LogP contribution in [0.4, 0.5) is 16.2 Å². The topological polar surface area (TPSA) is 61.9 Å². The third kappa shape index (κ3) is 4.46. The zero-order valence-corrected chi connectivity index (χ0v) is 22.8. The molecule has 2 heterocycles. The van der Waals surface area contributed by atoms with E-state index in [-0.39, 0.29) is 17.4 Å². The van der Waals surface area contributed by atoms with Gasteiger partial charge in [-0.05, 0) is 59.4 Å². The minimum absolute atomic E-state index is 0.0564. The van der Waals surface area contributed by atoms with Gasteiger partial charge in [0.15, 0.2) is 4.87 Å². The molecule has 1 N–H and O–H groups in total. The lowest BCUT2D eigenvalue weighted by molar-refractivity contribution is -0.123. The SMILES string of the molecule is COc1ccc2c(c1)[C@]1(SCCN1C(=O)Nc1cccc(C)c1)C(=O)N2Cc1ccc(C(C)(C)C)cc1. The molecule has 0 bridgehead atoms. The lowest BCUT2D eigenvalue weighted by Crippen LogP contribution is -2.51. The van der Waals surface area contributed by atoms with Crippen molar-refractivity contribution in [3.05, 3.63) is 89.0 Å². The number of hydrogen-bond donors (Lipinski definition) is 1. The van der Waals surface area contributed by atoms with E-state index in [9.17, 15) is 9.59 Å². The maximum absolute atomic E-state index is 14.3. The van der Waals surface area contributed by atoms with Gasteiger partial charge in [0.2, 0.25) is 0 Å². The molecule has 1 fully saturated rings. The number of aryl methyl sites for hydroxylation is 1. The number of hydrogen-bond acceptors (Lipinski definition) is 4. The molecule has 6 nitrogen and oxygen atoms in total. The van der Waals surface area contributed by atoms with Crippen molar-refractivity contribution in [3.8, 4) is 5.75 Å². The average molecular weight is 516 g/mol. The van der Waals surface area contributed by atoms with Gasteiger partial charge in [0.05, 0.1) is 19.3 Å². The Bertz CT molecular complexity index is 1350. The van der Waals surface area contributed by atoms with Crippen LogP contribution in [0.15, 0.2) is 66.7 Å². The number of amides is 3. The molecule has 37 heavy (non-hydrogen) atoms. The Morgan fingerprint density at radius 1 is 1.08 bits per heavy atom. The Balaban J connectivity index is 1.51. The molecular formula is C30H33N3O3S. The fourth-order valence-corrected chi connectivity index (χ4v) is 6.54. The van der Waals surface area contributed by atoms with Crippen molar-refractivity contribution in [2.75, 3.05) is 29.6 Å². The molecule has 0 aromatic heterocycles. The Morgan fingerprint density at radius 3 is 2.51 bits per heavy atom. The predicted octanol–water partition coefficient (Wildman–Crippen LogP) is 6.28. The van der Waals surface area contributed by atoms with E-state index >= 15 is 0 Å². The molecule has 2 aliphatic rings. The molecule has 3 aromatic rings. The summed E-state index contributed by atoms with van der Waals surface area (Å²) in [5.74, 6) is 1.23. The van der Waals surface area contributed by atoms with Crippen molar-refractivity contribution in [2.45, 2.75) is 44.5 Å². The number of benzene rings is 3. The van der Waals surface area contributed by atoms with Gasteiger partial charge in [0.25, 0.3) is 5.91 Å². The minimum atomic E-state index is -1.14. The van der Waals surface area contributed by atoms with Crippen LogP contribution in [0.5, 0.6) is 5.75 Å². The largest absolute Gasteiger partial charge is 0.497 e. The molecule has 5 rings (SSSR count). The second-order valence-corrected chi connectivity index (χ2v) is 12.0. The van der Waals surface area contributed by atoms with Crippen molar-refractivity contribution in [3.63, 3.8) is 0 Å². The Hall–Kier alpha value is -3.45. The van der Waals surface area contributed by atoms with E-state index in [2.05, 4.69) is 50.4 Å². The van der Waals surface area contributed by atoms with E-state index in [1.165, 1.54) is 17.3 Å². The highest BCUT2D eigenvalue weighted by Gasteiger charge is 2.59. The molecule has 1 atom stereocenters.